The summed E-state index contributed by atoms with van der Waals surface area (Å²) in [7, 11) is 0. The lowest BCUT2D eigenvalue weighted by Gasteiger charge is -2.13. The van der Waals surface area contributed by atoms with E-state index in [9.17, 15) is 14.4 Å². The normalized spacial score (nSPS) is 10.7. The number of benzene rings is 3. The van der Waals surface area contributed by atoms with E-state index < -0.39 is 17.7 Å². The summed E-state index contributed by atoms with van der Waals surface area (Å²) in [4.78, 5) is 38.3. The lowest BCUT2D eigenvalue weighted by molar-refractivity contribution is -0.136. The molecule has 1 heterocycles. The van der Waals surface area contributed by atoms with E-state index in [0.29, 0.717) is 26.6 Å². The van der Waals surface area contributed by atoms with Gasteiger partial charge in [-0.1, -0.05) is 59.1 Å². The van der Waals surface area contributed by atoms with Crippen LogP contribution in [0.3, 0.4) is 0 Å². The second kappa shape index (κ2) is 10.2. The topological polar surface area (TPSA) is 92.2 Å². The molecule has 4 aromatic rings. The summed E-state index contributed by atoms with van der Waals surface area (Å²) in [6.45, 7) is 4.01. The fourth-order valence-corrected chi connectivity index (χ4v) is 3.82. The van der Waals surface area contributed by atoms with Crippen LogP contribution in [0.15, 0.2) is 66.7 Å². The minimum absolute atomic E-state index is 0.110. The van der Waals surface area contributed by atoms with E-state index in [1.165, 1.54) is 4.68 Å². The Kier molecular flexibility index (Phi) is 7.10. The third-order valence-corrected chi connectivity index (χ3v) is 6.06. The van der Waals surface area contributed by atoms with E-state index in [2.05, 4.69) is 16.1 Å². The molecular weight excluding hydrogens is 487 g/mol. The van der Waals surface area contributed by atoms with E-state index in [0.717, 1.165) is 16.7 Å². The van der Waals surface area contributed by atoms with Crippen LogP contribution in [0.1, 0.15) is 27.2 Å². The van der Waals surface area contributed by atoms with Crippen LogP contribution in [0.25, 0.3) is 10.9 Å². The molecule has 1 aromatic heterocycles. The highest BCUT2D eigenvalue weighted by atomic mass is 35.5. The standard InChI is InChI=1S/C26H22Cl2N4O3/c1-15-3-6-17(7-4-15)14-29-25(34)26(35)31-32-22-10-8-19(27)11-18(22)12-23(32)24(33)30-20-9-5-16(2)21(28)13-20/h3-13H,14H2,1-2H3,(H,29,34)(H,30,33)(H,31,35). The van der Waals surface area contributed by atoms with Gasteiger partial charge in [0.25, 0.3) is 5.91 Å². The molecule has 0 aliphatic carbocycles. The van der Waals surface area contributed by atoms with Crippen molar-refractivity contribution in [1.82, 2.24) is 9.99 Å². The smallest absolute Gasteiger partial charge is 0.328 e. The molecule has 0 radical (unpaired) electrons. The highest BCUT2D eigenvalue weighted by molar-refractivity contribution is 6.38. The third-order valence-electron chi connectivity index (χ3n) is 5.42. The maximum Gasteiger partial charge on any atom is 0.328 e. The monoisotopic (exact) mass is 508 g/mol. The van der Waals surface area contributed by atoms with Gasteiger partial charge in [-0.05, 0) is 61.4 Å². The van der Waals surface area contributed by atoms with Crippen molar-refractivity contribution in [3.05, 3.63) is 99.2 Å². The molecule has 0 aliphatic rings. The van der Waals surface area contributed by atoms with Gasteiger partial charge in [-0.25, -0.2) is 4.68 Å². The van der Waals surface area contributed by atoms with Crippen molar-refractivity contribution >= 4 is 57.5 Å². The fourth-order valence-electron chi connectivity index (χ4n) is 3.46. The molecule has 35 heavy (non-hydrogen) atoms. The van der Waals surface area contributed by atoms with Gasteiger partial charge in [-0.15, -0.1) is 0 Å². The van der Waals surface area contributed by atoms with Crippen LogP contribution in [0.2, 0.25) is 10.0 Å². The lowest BCUT2D eigenvalue weighted by atomic mass is 10.1. The zero-order valence-electron chi connectivity index (χ0n) is 19.0. The second-order valence-corrected chi connectivity index (χ2v) is 8.94. The van der Waals surface area contributed by atoms with Crippen LogP contribution in [0.5, 0.6) is 0 Å². The maximum absolute atomic E-state index is 13.1. The number of amides is 3. The molecule has 7 nitrogen and oxygen atoms in total. The molecule has 0 saturated heterocycles. The van der Waals surface area contributed by atoms with Gasteiger partial charge < -0.3 is 10.6 Å². The summed E-state index contributed by atoms with van der Waals surface area (Å²) >= 11 is 12.3. The first-order valence-corrected chi connectivity index (χ1v) is 11.5. The molecule has 0 saturated carbocycles. The number of aryl methyl sites for hydroxylation is 2. The van der Waals surface area contributed by atoms with Crippen LogP contribution in [-0.4, -0.2) is 22.4 Å². The van der Waals surface area contributed by atoms with Crippen LogP contribution >= 0.6 is 23.2 Å². The summed E-state index contributed by atoms with van der Waals surface area (Å²) in [5, 5.41) is 6.94. The Bertz CT molecular complexity index is 1450. The maximum atomic E-state index is 13.1. The minimum Gasteiger partial charge on any atom is -0.344 e. The summed E-state index contributed by atoms with van der Waals surface area (Å²) in [6.07, 6.45) is 0. The average molecular weight is 509 g/mol. The zero-order chi connectivity index (χ0) is 25.1. The molecule has 3 N–H and O–H groups in total. The predicted molar refractivity (Wildman–Crippen MR) is 138 cm³/mol. The molecule has 3 aromatic carbocycles. The number of carbonyl (C=O) groups is 3. The summed E-state index contributed by atoms with van der Waals surface area (Å²) < 4.78 is 1.27. The van der Waals surface area contributed by atoms with E-state index >= 15 is 0 Å². The van der Waals surface area contributed by atoms with Gasteiger partial charge in [0.05, 0.1) is 5.52 Å². The first kappa shape index (κ1) is 24.3. The number of hydrogen-bond acceptors (Lipinski definition) is 3. The van der Waals surface area contributed by atoms with Crippen LogP contribution in [-0.2, 0) is 16.1 Å². The van der Waals surface area contributed by atoms with Gasteiger partial charge in [0, 0.05) is 27.7 Å². The molecule has 0 aliphatic heterocycles. The van der Waals surface area contributed by atoms with Crippen LogP contribution in [0, 0.1) is 13.8 Å². The van der Waals surface area contributed by atoms with Crippen molar-refractivity contribution in [3.8, 4) is 0 Å². The summed E-state index contributed by atoms with van der Waals surface area (Å²) in [6, 6.07) is 19.3. The Balaban J connectivity index is 1.56. The van der Waals surface area contributed by atoms with Crippen LogP contribution in [0.4, 0.5) is 5.69 Å². The number of fused-ring (bicyclic) bond motifs is 1. The third kappa shape index (κ3) is 5.65. The number of nitrogens with one attached hydrogen (secondary N) is 3. The first-order valence-electron chi connectivity index (χ1n) is 10.7. The van der Waals surface area contributed by atoms with Crippen molar-refractivity contribution in [2.45, 2.75) is 20.4 Å². The van der Waals surface area contributed by atoms with Gasteiger partial charge in [-0.3, -0.25) is 19.8 Å². The molecule has 178 valence electrons. The number of rotatable bonds is 5. The Labute approximate surface area is 212 Å². The number of carbonyl (C=O) groups excluding carboxylic acids is 3. The van der Waals surface area contributed by atoms with Crippen molar-refractivity contribution in [2.75, 3.05) is 10.7 Å². The van der Waals surface area contributed by atoms with E-state index in [1.807, 2.05) is 38.1 Å². The van der Waals surface area contributed by atoms with Crippen molar-refractivity contribution < 1.29 is 14.4 Å². The average Bonchev–Trinajstić information content (AvgIpc) is 3.18. The Hall–Kier alpha value is -3.81. The molecule has 0 fully saturated rings. The van der Waals surface area contributed by atoms with E-state index in [1.54, 1.807) is 42.5 Å². The Morgan fingerprint density at radius 3 is 2.31 bits per heavy atom. The Morgan fingerprint density at radius 1 is 0.857 bits per heavy atom. The minimum atomic E-state index is -0.919. The van der Waals surface area contributed by atoms with Crippen molar-refractivity contribution in [2.24, 2.45) is 0 Å². The summed E-state index contributed by atoms with van der Waals surface area (Å²) in [5.41, 5.74) is 6.44. The van der Waals surface area contributed by atoms with Crippen LogP contribution < -0.4 is 16.1 Å². The van der Waals surface area contributed by atoms with Crippen molar-refractivity contribution in [3.63, 3.8) is 0 Å². The number of aromatic nitrogens is 1. The molecule has 3 amide bonds. The SMILES string of the molecule is Cc1ccc(CNC(=O)C(=O)Nn2c(C(=O)Nc3ccc(C)c(Cl)c3)cc3cc(Cl)ccc32)cc1. The largest absolute Gasteiger partial charge is 0.344 e. The fraction of sp³-hybridized carbons (Fsp3) is 0.115. The number of anilines is 1. The van der Waals surface area contributed by atoms with E-state index in [-0.39, 0.29) is 12.2 Å². The Morgan fingerprint density at radius 2 is 1.60 bits per heavy atom. The van der Waals surface area contributed by atoms with Gasteiger partial charge in [0.15, 0.2) is 0 Å². The van der Waals surface area contributed by atoms with Gasteiger partial charge in [0.2, 0.25) is 0 Å². The van der Waals surface area contributed by atoms with Gasteiger partial charge in [0.1, 0.15) is 5.69 Å². The quantitative estimate of drug-likeness (QED) is 0.323. The van der Waals surface area contributed by atoms with Gasteiger partial charge >= 0.3 is 11.8 Å². The molecule has 0 spiro atoms. The number of halogens is 2. The molecular formula is C26H22Cl2N4O3. The molecule has 4 rings (SSSR count). The number of hydrogen-bond donors (Lipinski definition) is 3. The predicted octanol–water partition coefficient (Wildman–Crippen LogP) is 5.20. The van der Waals surface area contributed by atoms with Gasteiger partial charge in [-0.2, -0.15) is 0 Å². The van der Waals surface area contributed by atoms with E-state index in [4.69, 9.17) is 23.2 Å². The second-order valence-electron chi connectivity index (χ2n) is 8.10. The molecule has 9 heteroatoms. The first-order chi connectivity index (χ1) is 16.7. The molecule has 0 atom stereocenters. The van der Waals surface area contributed by atoms with Crippen molar-refractivity contribution in [1.29, 1.82) is 0 Å². The molecule has 0 unspecified atom stereocenters. The zero-order valence-corrected chi connectivity index (χ0v) is 20.5. The highest BCUT2D eigenvalue weighted by Crippen LogP contribution is 2.25. The molecule has 0 bridgehead atoms. The number of nitrogens with zero attached hydrogens (tertiary/aromatic N) is 1. The summed E-state index contributed by atoms with van der Waals surface area (Å²) in [5.74, 6) is -2.26. The lowest BCUT2D eigenvalue weighted by Crippen LogP contribution is -2.39. The highest BCUT2D eigenvalue weighted by Gasteiger charge is 2.21.